The fourth-order valence-electron chi connectivity index (χ4n) is 4.14. The molecule has 7 nitrogen and oxygen atoms in total. The predicted molar refractivity (Wildman–Crippen MR) is 90.3 cm³/mol. The molecule has 0 aromatic rings. The molecular weight excluding hydrogens is 308 g/mol. The van der Waals surface area contributed by atoms with Gasteiger partial charge >= 0.3 is 0 Å². The van der Waals surface area contributed by atoms with Gasteiger partial charge < -0.3 is 20.7 Å². The second-order valence-corrected chi connectivity index (χ2v) is 7.24. The Kier molecular flexibility index (Phi) is 6.08. The van der Waals surface area contributed by atoms with E-state index in [9.17, 15) is 9.59 Å². The number of carbonyl (C=O) groups excluding carboxylic acids is 2. The van der Waals surface area contributed by atoms with Crippen molar-refractivity contribution >= 4 is 11.8 Å². The van der Waals surface area contributed by atoms with Crippen molar-refractivity contribution in [3.05, 3.63) is 0 Å². The van der Waals surface area contributed by atoms with E-state index in [1.807, 2.05) is 4.90 Å². The molecule has 7 heteroatoms. The normalized spacial score (nSPS) is 31.6. The van der Waals surface area contributed by atoms with Crippen molar-refractivity contribution in [1.29, 1.82) is 0 Å². The first-order chi connectivity index (χ1) is 11.7. The van der Waals surface area contributed by atoms with E-state index >= 15 is 0 Å². The van der Waals surface area contributed by atoms with E-state index in [0.717, 1.165) is 58.7 Å². The van der Waals surface area contributed by atoms with Gasteiger partial charge in [-0.05, 0) is 25.3 Å². The van der Waals surface area contributed by atoms with Crippen molar-refractivity contribution in [3.63, 3.8) is 0 Å². The topological polar surface area (TPSA) is 87.9 Å². The number of nitrogens with one attached hydrogen (secondary N) is 1. The van der Waals surface area contributed by atoms with E-state index < -0.39 is 0 Å². The Morgan fingerprint density at radius 1 is 1.25 bits per heavy atom. The molecule has 1 unspecified atom stereocenters. The van der Waals surface area contributed by atoms with Crippen LogP contribution in [0, 0.1) is 11.8 Å². The van der Waals surface area contributed by atoms with E-state index in [0.29, 0.717) is 25.4 Å². The average molecular weight is 338 g/mol. The molecule has 136 valence electrons. The highest BCUT2D eigenvalue weighted by atomic mass is 16.5. The number of ether oxygens (including phenoxy) is 1. The molecule has 1 aliphatic carbocycles. The van der Waals surface area contributed by atoms with Gasteiger partial charge in [0.25, 0.3) is 0 Å². The highest BCUT2D eigenvalue weighted by molar-refractivity contribution is 5.83. The molecule has 2 amide bonds. The summed E-state index contributed by atoms with van der Waals surface area (Å²) in [6.45, 7) is 6.25. The number of morpholine rings is 1. The van der Waals surface area contributed by atoms with Gasteiger partial charge in [-0.1, -0.05) is 6.42 Å². The first kappa shape index (κ1) is 17.6. The number of amides is 2. The summed E-state index contributed by atoms with van der Waals surface area (Å²) in [5, 5.41) is 3.09. The smallest absolute Gasteiger partial charge is 0.224 e. The molecule has 1 saturated carbocycles. The van der Waals surface area contributed by atoms with Crippen LogP contribution >= 0.6 is 0 Å². The number of likely N-dealkylation sites (tertiary alicyclic amines) is 1. The van der Waals surface area contributed by atoms with Crippen LogP contribution in [0.5, 0.6) is 0 Å². The van der Waals surface area contributed by atoms with Gasteiger partial charge in [0.1, 0.15) is 0 Å². The summed E-state index contributed by atoms with van der Waals surface area (Å²) in [4.78, 5) is 28.9. The van der Waals surface area contributed by atoms with Gasteiger partial charge in [0.05, 0.1) is 19.3 Å². The Morgan fingerprint density at radius 2 is 2.04 bits per heavy atom. The summed E-state index contributed by atoms with van der Waals surface area (Å²) < 4.78 is 5.34. The van der Waals surface area contributed by atoms with Crippen LogP contribution in [0.25, 0.3) is 0 Å². The number of carbonyl (C=O) groups is 2. The number of rotatable bonds is 6. The zero-order valence-corrected chi connectivity index (χ0v) is 14.4. The summed E-state index contributed by atoms with van der Waals surface area (Å²) in [5.41, 5.74) is 5.77. The molecule has 0 bridgehead atoms. The van der Waals surface area contributed by atoms with Crippen LogP contribution in [0.15, 0.2) is 0 Å². The fourth-order valence-corrected chi connectivity index (χ4v) is 4.14. The molecule has 24 heavy (non-hydrogen) atoms. The van der Waals surface area contributed by atoms with E-state index in [1.165, 1.54) is 0 Å². The molecule has 3 atom stereocenters. The van der Waals surface area contributed by atoms with Gasteiger partial charge in [0.15, 0.2) is 0 Å². The number of hydrogen-bond donors (Lipinski definition) is 2. The monoisotopic (exact) mass is 338 g/mol. The minimum atomic E-state index is -0.0475. The van der Waals surface area contributed by atoms with Crippen LogP contribution in [0.3, 0.4) is 0 Å². The van der Waals surface area contributed by atoms with Crippen molar-refractivity contribution in [2.75, 3.05) is 52.5 Å². The minimum absolute atomic E-state index is 0.0347. The van der Waals surface area contributed by atoms with Gasteiger partial charge in [-0.2, -0.15) is 0 Å². The molecule has 0 aromatic heterocycles. The summed E-state index contributed by atoms with van der Waals surface area (Å²) >= 11 is 0. The molecule has 2 aliphatic heterocycles. The number of hydrogen-bond acceptors (Lipinski definition) is 5. The lowest BCUT2D eigenvalue weighted by Crippen LogP contribution is -2.44. The molecule has 0 spiro atoms. The SMILES string of the molecule is NC[C@H]1CCC[C@H]1C(=O)NC1CC(=O)N(CCN2CCOCC2)C1. The first-order valence-corrected chi connectivity index (χ1v) is 9.25. The zero-order chi connectivity index (χ0) is 16.9. The Labute approximate surface area is 143 Å². The highest BCUT2D eigenvalue weighted by Gasteiger charge is 2.36. The largest absolute Gasteiger partial charge is 0.379 e. The van der Waals surface area contributed by atoms with E-state index in [2.05, 4.69) is 10.2 Å². The maximum atomic E-state index is 12.5. The van der Waals surface area contributed by atoms with Gasteiger partial charge in [0.2, 0.25) is 11.8 Å². The van der Waals surface area contributed by atoms with Crippen LogP contribution in [0.4, 0.5) is 0 Å². The van der Waals surface area contributed by atoms with Crippen LogP contribution in [0.2, 0.25) is 0 Å². The fraction of sp³-hybridized carbons (Fsp3) is 0.882. The molecule has 0 radical (unpaired) electrons. The second kappa shape index (κ2) is 8.27. The molecule has 0 aromatic carbocycles. The lowest BCUT2D eigenvalue weighted by molar-refractivity contribution is -0.128. The van der Waals surface area contributed by atoms with Gasteiger partial charge in [-0.25, -0.2) is 0 Å². The van der Waals surface area contributed by atoms with Crippen molar-refractivity contribution < 1.29 is 14.3 Å². The average Bonchev–Trinajstić information content (AvgIpc) is 3.20. The molecular formula is C17H30N4O3. The van der Waals surface area contributed by atoms with E-state index in [-0.39, 0.29) is 23.8 Å². The predicted octanol–water partition coefficient (Wildman–Crippen LogP) is -0.589. The molecule has 3 fully saturated rings. The van der Waals surface area contributed by atoms with Crippen molar-refractivity contribution in [1.82, 2.24) is 15.1 Å². The summed E-state index contributed by atoms with van der Waals surface area (Å²) in [6.07, 6.45) is 3.48. The van der Waals surface area contributed by atoms with Gasteiger partial charge in [-0.15, -0.1) is 0 Å². The number of nitrogens with zero attached hydrogens (tertiary/aromatic N) is 2. The zero-order valence-electron chi connectivity index (χ0n) is 14.4. The maximum Gasteiger partial charge on any atom is 0.224 e. The molecule has 3 aliphatic rings. The van der Waals surface area contributed by atoms with E-state index in [1.54, 1.807) is 0 Å². The Balaban J connectivity index is 1.43. The molecule has 3 rings (SSSR count). The van der Waals surface area contributed by atoms with Crippen molar-refractivity contribution in [2.45, 2.75) is 31.7 Å². The quantitative estimate of drug-likeness (QED) is 0.676. The van der Waals surface area contributed by atoms with Crippen LogP contribution < -0.4 is 11.1 Å². The second-order valence-electron chi connectivity index (χ2n) is 7.24. The first-order valence-electron chi connectivity index (χ1n) is 9.25. The highest BCUT2D eigenvalue weighted by Crippen LogP contribution is 2.31. The van der Waals surface area contributed by atoms with E-state index in [4.69, 9.17) is 10.5 Å². The Morgan fingerprint density at radius 3 is 2.79 bits per heavy atom. The van der Waals surface area contributed by atoms with Gasteiger partial charge in [0, 0.05) is 45.1 Å². The van der Waals surface area contributed by atoms with Crippen LogP contribution in [0.1, 0.15) is 25.7 Å². The Hall–Kier alpha value is -1.18. The van der Waals surface area contributed by atoms with Gasteiger partial charge in [-0.3, -0.25) is 14.5 Å². The van der Waals surface area contributed by atoms with Crippen LogP contribution in [-0.2, 0) is 14.3 Å². The van der Waals surface area contributed by atoms with Crippen molar-refractivity contribution in [2.24, 2.45) is 17.6 Å². The summed E-state index contributed by atoms with van der Waals surface area (Å²) in [6, 6.07) is -0.0475. The van der Waals surface area contributed by atoms with Crippen molar-refractivity contribution in [3.8, 4) is 0 Å². The molecule has 2 saturated heterocycles. The summed E-state index contributed by atoms with van der Waals surface area (Å²) in [7, 11) is 0. The third-order valence-corrected chi connectivity index (χ3v) is 5.65. The third kappa shape index (κ3) is 4.26. The maximum absolute atomic E-state index is 12.5. The molecule has 2 heterocycles. The minimum Gasteiger partial charge on any atom is -0.379 e. The lowest BCUT2D eigenvalue weighted by atomic mass is 9.95. The van der Waals surface area contributed by atoms with Crippen LogP contribution in [-0.4, -0.2) is 80.1 Å². The summed E-state index contributed by atoms with van der Waals surface area (Å²) in [5.74, 6) is 0.582. The third-order valence-electron chi connectivity index (χ3n) is 5.65. The lowest BCUT2D eigenvalue weighted by Gasteiger charge is -2.28. The Bertz CT molecular complexity index is 453. The number of nitrogens with two attached hydrogens (primary N) is 1. The standard InChI is InChI=1S/C17H30N4O3/c18-11-13-2-1-3-15(13)17(23)19-14-10-16(22)21(12-14)5-4-20-6-8-24-9-7-20/h13-15H,1-12,18H2,(H,19,23)/t13-,14?,15-/m1/s1. The molecule has 3 N–H and O–H groups in total.